The predicted molar refractivity (Wildman–Crippen MR) is 152 cm³/mol. The van der Waals surface area contributed by atoms with Crippen molar-refractivity contribution in [1.29, 1.82) is 0 Å². The molecule has 17 nitrogen and oxygen atoms in total. The summed E-state index contributed by atoms with van der Waals surface area (Å²) in [7, 11) is 0. The maximum Gasteiger partial charge on any atom is 0.325 e. The third kappa shape index (κ3) is 12.6. The number of hydrogen-bond donors (Lipinski definition) is 8. The quantitative estimate of drug-likeness (QED) is 0.0846. The van der Waals surface area contributed by atoms with Crippen LogP contribution in [0.5, 0.6) is 0 Å². The van der Waals surface area contributed by atoms with Crippen LogP contribution in [0, 0.1) is 5.92 Å². The molecule has 242 valence electrons. The average Bonchev–Trinajstić information content (AvgIpc) is 3.43. The fourth-order valence-corrected chi connectivity index (χ4v) is 4.15. The molecule has 0 aromatic carbocycles. The lowest BCUT2D eigenvalue weighted by atomic mass is 10.0. The minimum Gasteiger partial charge on any atom is -0.480 e. The molecule has 0 aliphatic carbocycles. The van der Waals surface area contributed by atoms with E-state index in [4.69, 9.17) is 10.8 Å². The number of carboxylic acid groups (broad SMARTS) is 1. The highest BCUT2D eigenvalue weighted by molar-refractivity contribution is 5.96. The molecule has 43 heavy (non-hydrogen) atoms. The van der Waals surface area contributed by atoms with Crippen molar-refractivity contribution in [1.82, 2.24) is 36.8 Å². The first kappa shape index (κ1) is 36.7. The monoisotopic (exact) mass is 612 g/mol. The summed E-state index contributed by atoms with van der Waals surface area (Å²) in [5.74, 6) is -5.61. The lowest BCUT2D eigenvalue weighted by molar-refractivity contribution is -0.141. The highest BCUT2D eigenvalue weighted by atomic mass is 16.4. The molecule has 0 spiro atoms. The van der Waals surface area contributed by atoms with E-state index in [1.54, 1.807) is 0 Å². The number of carbonyl (C=O) groups is 8. The second kappa shape index (κ2) is 17.6. The zero-order valence-corrected chi connectivity index (χ0v) is 25.2. The van der Waals surface area contributed by atoms with Gasteiger partial charge in [-0.15, -0.1) is 0 Å². The maximum absolute atomic E-state index is 12.9. The molecule has 0 unspecified atom stereocenters. The first-order chi connectivity index (χ1) is 20.1. The van der Waals surface area contributed by atoms with E-state index in [9.17, 15) is 38.4 Å². The van der Waals surface area contributed by atoms with Gasteiger partial charge in [0, 0.05) is 6.54 Å². The number of rotatable bonds is 16. The molecular formula is C26H44N8O9. The predicted octanol–water partition coefficient (Wildman–Crippen LogP) is -3.70. The van der Waals surface area contributed by atoms with Crippen LogP contribution in [0.2, 0.25) is 0 Å². The Morgan fingerprint density at radius 3 is 1.81 bits per heavy atom. The van der Waals surface area contributed by atoms with Crippen LogP contribution in [0.3, 0.4) is 0 Å². The molecule has 7 amide bonds. The van der Waals surface area contributed by atoms with E-state index >= 15 is 0 Å². The molecule has 1 aliphatic heterocycles. The van der Waals surface area contributed by atoms with E-state index < -0.39 is 84.7 Å². The summed E-state index contributed by atoms with van der Waals surface area (Å²) in [4.78, 5) is 98.8. The Kier molecular flexibility index (Phi) is 15.1. The Morgan fingerprint density at radius 2 is 1.30 bits per heavy atom. The lowest BCUT2D eigenvalue weighted by Crippen LogP contribution is -2.56. The van der Waals surface area contributed by atoms with Crippen LogP contribution in [0.4, 0.5) is 0 Å². The van der Waals surface area contributed by atoms with Crippen LogP contribution in [0.15, 0.2) is 0 Å². The normalized spacial score (nSPS) is 17.1. The molecule has 1 rings (SSSR count). The van der Waals surface area contributed by atoms with Gasteiger partial charge in [-0.2, -0.15) is 0 Å². The highest BCUT2D eigenvalue weighted by Crippen LogP contribution is 2.17. The molecule has 5 atom stereocenters. The standard InChI is InChI=1S/C26H44N8O9/c1-13(2)9-17(24(40)31-14(3)22(38)28-11-19(35)30-16(5)26(42)43)33-20(36)12-29-23(39)15(4)32-25(41)18-7-6-8-34(18)21(37)10-27/h13-18H,6-12,27H2,1-5H3,(H,28,38)(H,29,39)(H,30,35)(H,31,40)(H,32,41)(H,33,36)(H,42,43)/t14-,15-,16-,17-,18-/m0/s1. The first-order valence-corrected chi connectivity index (χ1v) is 14.0. The van der Waals surface area contributed by atoms with Gasteiger partial charge < -0.3 is 47.6 Å². The van der Waals surface area contributed by atoms with Crippen LogP contribution in [-0.2, 0) is 38.4 Å². The summed E-state index contributed by atoms with van der Waals surface area (Å²) >= 11 is 0. The maximum atomic E-state index is 12.9. The van der Waals surface area contributed by atoms with Gasteiger partial charge in [-0.1, -0.05) is 13.8 Å². The summed E-state index contributed by atoms with van der Waals surface area (Å²) < 4.78 is 0. The van der Waals surface area contributed by atoms with Gasteiger partial charge in [0.25, 0.3) is 0 Å². The van der Waals surface area contributed by atoms with E-state index in [0.717, 1.165) is 0 Å². The van der Waals surface area contributed by atoms with Gasteiger partial charge in [-0.05, 0) is 46.0 Å². The van der Waals surface area contributed by atoms with E-state index in [1.165, 1.54) is 25.7 Å². The summed E-state index contributed by atoms with van der Waals surface area (Å²) in [6, 6.07) is -5.04. The van der Waals surface area contributed by atoms with Gasteiger partial charge in [0.1, 0.15) is 30.2 Å². The van der Waals surface area contributed by atoms with Crippen molar-refractivity contribution >= 4 is 47.3 Å². The van der Waals surface area contributed by atoms with Crippen molar-refractivity contribution < 1.29 is 43.5 Å². The number of aliphatic carboxylic acids is 1. The minimum absolute atomic E-state index is 0.0359. The molecule has 1 fully saturated rings. The van der Waals surface area contributed by atoms with E-state index in [-0.39, 0.29) is 24.8 Å². The van der Waals surface area contributed by atoms with Crippen LogP contribution >= 0.6 is 0 Å². The molecule has 17 heteroatoms. The van der Waals surface area contributed by atoms with Crippen molar-refractivity contribution in [3.63, 3.8) is 0 Å². The number of amides is 7. The Morgan fingerprint density at radius 1 is 0.767 bits per heavy atom. The molecular weight excluding hydrogens is 568 g/mol. The molecule has 9 N–H and O–H groups in total. The molecule has 0 radical (unpaired) electrons. The number of nitrogens with one attached hydrogen (secondary N) is 6. The molecule has 1 heterocycles. The van der Waals surface area contributed by atoms with Crippen molar-refractivity contribution in [3.8, 4) is 0 Å². The van der Waals surface area contributed by atoms with Crippen molar-refractivity contribution in [2.45, 2.75) is 84.1 Å². The fraction of sp³-hybridized carbons (Fsp3) is 0.692. The van der Waals surface area contributed by atoms with Crippen LogP contribution in [0.25, 0.3) is 0 Å². The smallest absolute Gasteiger partial charge is 0.325 e. The van der Waals surface area contributed by atoms with Gasteiger partial charge in [-0.25, -0.2) is 0 Å². The SMILES string of the molecule is CC(C)C[C@H](NC(=O)CNC(=O)[C@H](C)NC(=O)[C@@H]1CCCN1C(=O)CN)C(=O)N[C@@H](C)C(=O)NCC(=O)N[C@@H](C)C(=O)O. The van der Waals surface area contributed by atoms with Gasteiger partial charge in [0.05, 0.1) is 19.6 Å². The number of carbonyl (C=O) groups excluding carboxylic acids is 7. The van der Waals surface area contributed by atoms with Gasteiger partial charge in [0.15, 0.2) is 0 Å². The summed E-state index contributed by atoms with van der Waals surface area (Å²) in [5.41, 5.74) is 5.39. The summed E-state index contributed by atoms with van der Waals surface area (Å²) in [5, 5.41) is 23.2. The summed E-state index contributed by atoms with van der Waals surface area (Å²) in [6.45, 7) is 6.85. The summed E-state index contributed by atoms with van der Waals surface area (Å²) in [6.07, 6.45) is 1.28. The van der Waals surface area contributed by atoms with Crippen LogP contribution in [-0.4, -0.2) is 114 Å². The third-order valence-electron chi connectivity index (χ3n) is 6.51. The molecule has 0 saturated carbocycles. The van der Waals surface area contributed by atoms with Gasteiger partial charge in [0.2, 0.25) is 41.4 Å². The highest BCUT2D eigenvalue weighted by Gasteiger charge is 2.34. The zero-order chi connectivity index (χ0) is 32.9. The Bertz CT molecular complexity index is 1070. The number of carboxylic acids is 1. The molecule has 0 aromatic heterocycles. The fourth-order valence-electron chi connectivity index (χ4n) is 4.15. The largest absolute Gasteiger partial charge is 0.480 e. The number of nitrogens with two attached hydrogens (primary N) is 1. The van der Waals surface area contributed by atoms with E-state index in [2.05, 4.69) is 31.9 Å². The number of nitrogens with zero attached hydrogens (tertiary/aromatic N) is 1. The Labute approximate surface area is 249 Å². The van der Waals surface area contributed by atoms with Crippen LogP contribution in [0.1, 0.15) is 53.9 Å². The third-order valence-corrected chi connectivity index (χ3v) is 6.51. The van der Waals surface area contributed by atoms with E-state index in [1.807, 2.05) is 13.8 Å². The molecule has 1 aliphatic rings. The zero-order valence-electron chi connectivity index (χ0n) is 25.2. The number of hydrogen-bond acceptors (Lipinski definition) is 9. The van der Waals surface area contributed by atoms with Crippen molar-refractivity contribution in [3.05, 3.63) is 0 Å². The van der Waals surface area contributed by atoms with Gasteiger partial charge in [-0.3, -0.25) is 38.4 Å². The molecule has 1 saturated heterocycles. The minimum atomic E-state index is -1.24. The van der Waals surface area contributed by atoms with Crippen molar-refractivity contribution in [2.75, 3.05) is 26.2 Å². The lowest BCUT2D eigenvalue weighted by Gasteiger charge is -2.25. The van der Waals surface area contributed by atoms with E-state index in [0.29, 0.717) is 19.4 Å². The first-order valence-electron chi connectivity index (χ1n) is 14.0. The number of likely N-dealkylation sites (tertiary alicyclic amines) is 1. The second-order valence-corrected chi connectivity index (χ2v) is 10.7. The topological polar surface area (TPSA) is 258 Å². The Hall–Kier alpha value is -4.28. The van der Waals surface area contributed by atoms with Gasteiger partial charge >= 0.3 is 5.97 Å². The van der Waals surface area contributed by atoms with Crippen molar-refractivity contribution in [2.24, 2.45) is 11.7 Å². The molecule has 0 aromatic rings. The average molecular weight is 613 g/mol. The molecule has 0 bridgehead atoms. The second-order valence-electron chi connectivity index (χ2n) is 10.7. The Balaban J connectivity index is 2.60. The van der Waals surface area contributed by atoms with Crippen LogP contribution < -0.4 is 37.6 Å².